The molecule has 0 saturated heterocycles. The van der Waals surface area contributed by atoms with Crippen LogP contribution in [0.1, 0.15) is 44.3 Å². The van der Waals surface area contributed by atoms with Gasteiger partial charge in [0, 0.05) is 25.7 Å². The topological polar surface area (TPSA) is 59.8 Å². The molecule has 25 heavy (non-hydrogen) atoms. The number of pyridine rings is 1. The summed E-state index contributed by atoms with van der Waals surface area (Å²) in [5.41, 5.74) is 0.375. The second-order valence-electron chi connectivity index (χ2n) is 6.49. The van der Waals surface area contributed by atoms with Crippen molar-refractivity contribution in [1.82, 2.24) is 19.9 Å². The number of hydrogen-bond donors (Lipinski definition) is 1. The molecule has 0 atom stereocenters. The third-order valence-electron chi connectivity index (χ3n) is 4.61. The van der Waals surface area contributed by atoms with Crippen molar-refractivity contribution in [2.24, 2.45) is 5.92 Å². The Kier molecular flexibility index (Phi) is 5.24. The minimum absolute atomic E-state index is 0.0151. The fourth-order valence-corrected chi connectivity index (χ4v) is 3.42. The Morgan fingerprint density at radius 2 is 2.04 bits per heavy atom. The maximum absolute atomic E-state index is 13.2. The van der Waals surface area contributed by atoms with Crippen LogP contribution in [-0.2, 0) is 17.5 Å². The number of carbonyl (C=O) groups is 1. The van der Waals surface area contributed by atoms with Gasteiger partial charge >= 0.3 is 6.18 Å². The molecule has 1 N–H and O–H groups in total. The first-order valence-corrected chi connectivity index (χ1v) is 8.60. The van der Waals surface area contributed by atoms with Gasteiger partial charge in [-0.05, 0) is 30.9 Å². The van der Waals surface area contributed by atoms with Gasteiger partial charge in [-0.2, -0.15) is 13.2 Å². The highest BCUT2D eigenvalue weighted by molar-refractivity contribution is 5.76. The van der Waals surface area contributed by atoms with E-state index < -0.39 is 12.0 Å². The third-order valence-corrected chi connectivity index (χ3v) is 4.61. The number of halogens is 3. The first-order chi connectivity index (χ1) is 11.9. The monoisotopic (exact) mass is 354 g/mol. The van der Waals surface area contributed by atoms with Gasteiger partial charge in [0.2, 0.25) is 11.7 Å². The molecule has 1 fully saturated rings. The van der Waals surface area contributed by atoms with Crippen LogP contribution in [0, 0.1) is 5.92 Å². The molecule has 136 valence electrons. The summed E-state index contributed by atoms with van der Waals surface area (Å²) >= 11 is 0. The molecule has 0 bridgehead atoms. The molecule has 0 aromatic carbocycles. The van der Waals surface area contributed by atoms with Crippen LogP contribution < -0.4 is 5.32 Å². The number of nitrogens with one attached hydrogen (secondary N) is 1. The van der Waals surface area contributed by atoms with Crippen LogP contribution in [0.3, 0.4) is 0 Å². The Labute approximate surface area is 143 Å². The molecule has 1 saturated carbocycles. The van der Waals surface area contributed by atoms with E-state index in [4.69, 9.17) is 0 Å². The second kappa shape index (κ2) is 7.41. The third kappa shape index (κ3) is 4.29. The average molecular weight is 354 g/mol. The SMILES string of the molecule is O=C(CC1CCCCC1)NCCn1c(C(F)(F)F)nc2cccnc21. The molecule has 8 heteroatoms. The molecule has 5 nitrogen and oxygen atoms in total. The fraction of sp³-hybridized carbons (Fsp3) is 0.588. The molecule has 2 heterocycles. The van der Waals surface area contributed by atoms with Gasteiger partial charge in [-0.15, -0.1) is 0 Å². The van der Waals surface area contributed by atoms with Gasteiger partial charge in [-0.1, -0.05) is 19.3 Å². The maximum Gasteiger partial charge on any atom is 0.449 e. The Morgan fingerprint density at radius 1 is 1.28 bits per heavy atom. The summed E-state index contributed by atoms with van der Waals surface area (Å²) in [5, 5.41) is 2.73. The number of amides is 1. The molecule has 0 radical (unpaired) electrons. The van der Waals surface area contributed by atoms with Gasteiger partial charge in [-0.25, -0.2) is 9.97 Å². The molecule has 0 unspecified atom stereocenters. The van der Waals surface area contributed by atoms with E-state index in [2.05, 4.69) is 15.3 Å². The van der Waals surface area contributed by atoms with Gasteiger partial charge < -0.3 is 9.88 Å². The highest BCUT2D eigenvalue weighted by Crippen LogP contribution is 2.30. The largest absolute Gasteiger partial charge is 0.449 e. The minimum atomic E-state index is -4.56. The summed E-state index contributed by atoms with van der Waals surface area (Å²) in [6.07, 6.45) is 2.96. The van der Waals surface area contributed by atoms with E-state index in [0.717, 1.165) is 30.3 Å². The summed E-state index contributed by atoms with van der Waals surface area (Å²) in [6, 6.07) is 3.04. The van der Waals surface area contributed by atoms with E-state index in [1.54, 1.807) is 6.07 Å². The van der Waals surface area contributed by atoms with Crippen molar-refractivity contribution in [2.45, 2.75) is 51.2 Å². The second-order valence-corrected chi connectivity index (χ2v) is 6.49. The molecule has 3 rings (SSSR count). The van der Waals surface area contributed by atoms with Gasteiger partial charge in [-0.3, -0.25) is 4.79 Å². The van der Waals surface area contributed by atoms with E-state index in [9.17, 15) is 18.0 Å². The van der Waals surface area contributed by atoms with Crippen molar-refractivity contribution in [2.75, 3.05) is 6.54 Å². The quantitative estimate of drug-likeness (QED) is 0.893. The predicted molar refractivity (Wildman–Crippen MR) is 86.7 cm³/mol. The van der Waals surface area contributed by atoms with Gasteiger partial charge in [0.05, 0.1) is 0 Å². The summed E-state index contributed by atoms with van der Waals surface area (Å²) in [5.74, 6) is -0.684. The molecule has 0 spiro atoms. The van der Waals surface area contributed by atoms with E-state index >= 15 is 0 Å². The lowest BCUT2D eigenvalue weighted by Gasteiger charge is -2.20. The Bertz CT molecular complexity index is 735. The van der Waals surface area contributed by atoms with Crippen molar-refractivity contribution < 1.29 is 18.0 Å². The molecule has 2 aromatic heterocycles. The molecular weight excluding hydrogens is 333 g/mol. The highest BCUT2D eigenvalue weighted by atomic mass is 19.4. The van der Waals surface area contributed by atoms with Crippen LogP contribution in [0.15, 0.2) is 18.3 Å². The van der Waals surface area contributed by atoms with Crippen LogP contribution in [-0.4, -0.2) is 27.0 Å². The first kappa shape index (κ1) is 17.7. The summed E-state index contributed by atoms with van der Waals surface area (Å²) in [4.78, 5) is 19.6. The van der Waals surface area contributed by atoms with E-state index in [0.29, 0.717) is 12.3 Å². The van der Waals surface area contributed by atoms with E-state index in [1.165, 1.54) is 18.7 Å². The lowest BCUT2D eigenvalue weighted by atomic mass is 9.87. The number of rotatable bonds is 5. The van der Waals surface area contributed by atoms with Crippen molar-refractivity contribution in [3.05, 3.63) is 24.2 Å². The summed E-state index contributed by atoms with van der Waals surface area (Å²) in [6.45, 7) is 0.107. The zero-order valence-corrected chi connectivity index (χ0v) is 13.9. The van der Waals surface area contributed by atoms with Crippen LogP contribution in [0.5, 0.6) is 0 Å². The van der Waals surface area contributed by atoms with Crippen LogP contribution in [0.2, 0.25) is 0 Å². The predicted octanol–water partition coefficient (Wildman–Crippen LogP) is 3.54. The van der Waals surface area contributed by atoms with Crippen molar-refractivity contribution in [3.63, 3.8) is 0 Å². The summed E-state index contributed by atoms with van der Waals surface area (Å²) in [7, 11) is 0. The molecule has 2 aromatic rings. The Balaban J connectivity index is 1.63. The van der Waals surface area contributed by atoms with E-state index in [1.807, 2.05) is 0 Å². The molecule has 0 aliphatic heterocycles. The molecular formula is C17H21F3N4O. The molecule has 1 aliphatic carbocycles. The summed E-state index contributed by atoms with van der Waals surface area (Å²) < 4.78 is 40.6. The number of hydrogen-bond acceptors (Lipinski definition) is 3. The zero-order chi connectivity index (χ0) is 17.9. The first-order valence-electron chi connectivity index (χ1n) is 8.60. The van der Waals surface area contributed by atoms with Crippen LogP contribution >= 0.6 is 0 Å². The average Bonchev–Trinajstić information content (AvgIpc) is 2.95. The standard InChI is InChI=1S/C17H21F3N4O/c18-17(19,20)16-23-13-7-4-8-22-15(13)24(16)10-9-21-14(25)11-12-5-2-1-3-6-12/h4,7-8,12H,1-3,5-6,9-11H2,(H,21,25). The lowest BCUT2D eigenvalue weighted by Crippen LogP contribution is -2.30. The van der Waals surface area contributed by atoms with Crippen molar-refractivity contribution in [1.29, 1.82) is 0 Å². The smallest absolute Gasteiger partial charge is 0.354 e. The Hall–Kier alpha value is -2.12. The maximum atomic E-state index is 13.2. The molecule has 1 aliphatic rings. The van der Waals surface area contributed by atoms with Gasteiger partial charge in [0.15, 0.2) is 5.65 Å². The number of carbonyl (C=O) groups excluding carboxylic acids is 1. The number of nitrogens with zero attached hydrogens (tertiary/aromatic N) is 3. The van der Waals surface area contributed by atoms with Crippen molar-refractivity contribution in [3.8, 4) is 0 Å². The fourth-order valence-electron chi connectivity index (χ4n) is 3.42. The molecule has 1 amide bonds. The van der Waals surface area contributed by atoms with Gasteiger partial charge in [0.25, 0.3) is 0 Å². The Morgan fingerprint density at radius 3 is 2.76 bits per heavy atom. The zero-order valence-electron chi connectivity index (χ0n) is 13.9. The van der Waals surface area contributed by atoms with Crippen LogP contribution in [0.4, 0.5) is 13.2 Å². The number of aromatic nitrogens is 3. The minimum Gasteiger partial charge on any atom is -0.354 e. The number of imidazole rings is 1. The van der Waals surface area contributed by atoms with Crippen LogP contribution in [0.25, 0.3) is 11.2 Å². The van der Waals surface area contributed by atoms with Gasteiger partial charge in [0.1, 0.15) is 5.52 Å². The lowest BCUT2D eigenvalue weighted by molar-refractivity contribution is -0.146. The van der Waals surface area contributed by atoms with E-state index in [-0.39, 0.29) is 30.2 Å². The number of fused-ring (bicyclic) bond motifs is 1. The highest BCUT2D eigenvalue weighted by Gasteiger charge is 2.37. The normalized spacial score (nSPS) is 16.3. The number of alkyl halides is 3. The van der Waals surface area contributed by atoms with Crippen molar-refractivity contribution >= 4 is 17.1 Å².